The molecule has 1 aromatic heterocycles. The number of ether oxygens (including phenoxy) is 1. The molecular formula is C20H23FN2O3S. The molecule has 0 aliphatic heterocycles. The number of thioether (sulfide) groups is 1. The van der Waals surface area contributed by atoms with Gasteiger partial charge in [0.2, 0.25) is 5.91 Å². The number of hydrogen-bond donors (Lipinski definition) is 0. The number of pyridine rings is 1. The van der Waals surface area contributed by atoms with E-state index in [1.165, 1.54) is 23.9 Å². The molecule has 0 radical (unpaired) electrons. The average Bonchev–Trinajstić information content (AvgIpc) is 2.67. The van der Waals surface area contributed by atoms with Crippen molar-refractivity contribution in [2.24, 2.45) is 0 Å². The normalized spacial score (nSPS) is 11.7. The monoisotopic (exact) mass is 390 g/mol. The minimum Gasteiger partial charge on any atom is -0.462 e. The molecule has 1 amide bonds. The predicted octanol–water partition coefficient (Wildman–Crippen LogP) is 4.10. The van der Waals surface area contributed by atoms with E-state index in [2.05, 4.69) is 4.98 Å². The molecule has 1 atom stereocenters. The van der Waals surface area contributed by atoms with Crippen molar-refractivity contribution < 1.29 is 18.7 Å². The minimum absolute atomic E-state index is 0.0835. The molecule has 7 heteroatoms. The van der Waals surface area contributed by atoms with Gasteiger partial charge in [0.25, 0.3) is 0 Å². The van der Waals surface area contributed by atoms with Gasteiger partial charge in [-0.1, -0.05) is 23.9 Å². The zero-order valence-electron chi connectivity index (χ0n) is 15.6. The fourth-order valence-corrected chi connectivity index (χ4v) is 3.54. The van der Waals surface area contributed by atoms with Crippen molar-refractivity contribution in [2.45, 2.75) is 31.8 Å². The lowest BCUT2D eigenvalue weighted by atomic mass is 10.1. The molecule has 1 aromatic carbocycles. The summed E-state index contributed by atoms with van der Waals surface area (Å²) in [6, 6.07) is 9.25. The van der Waals surface area contributed by atoms with Crippen LogP contribution in [0.4, 0.5) is 4.39 Å². The van der Waals surface area contributed by atoms with Gasteiger partial charge < -0.3 is 9.64 Å². The summed E-state index contributed by atoms with van der Waals surface area (Å²) in [6.45, 7) is 6.33. The van der Waals surface area contributed by atoms with Gasteiger partial charge in [-0.25, -0.2) is 14.2 Å². The molecule has 1 heterocycles. The standard InChI is InChI=1S/C20H23FN2O3S/c1-4-23(14(3)15-8-10-16(21)11-9-15)18(24)13-27-19-17(7-6-12-22-19)20(25)26-5-2/h6-12,14H,4-5,13H2,1-3H3. The van der Waals surface area contributed by atoms with Gasteiger partial charge in [-0.2, -0.15) is 0 Å². The maximum absolute atomic E-state index is 13.1. The van der Waals surface area contributed by atoms with Gasteiger partial charge in [-0.15, -0.1) is 0 Å². The number of rotatable bonds is 8. The first kappa shape index (κ1) is 20.9. The van der Waals surface area contributed by atoms with E-state index in [-0.39, 0.29) is 30.1 Å². The number of nitrogens with zero attached hydrogens (tertiary/aromatic N) is 2. The zero-order valence-corrected chi connectivity index (χ0v) is 16.5. The summed E-state index contributed by atoms with van der Waals surface area (Å²) < 4.78 is 18.2. The Balaban J connectivity index is 2.07. The number of amides is 1. The Morgan fingerprint density at radius 2 is 1.93 bits per heavy atom. The molecule has 0 spiro atoms. The highest BCUT2D eigenvalue weighted by Crippen LogP contribution is 2.25. The van der Waals surface area contributed by atoms with Crippen LogP contribution in [-0.2, 0) is 9.53 Å². The fraction of sp³-hybridized carbons (Fsp3) is 0.350. The zero-order chi connectivity index (χ0) is 19.8. The summed E-state index contributed by atoms with van der Waals surface area (Å²) in [5, 5.41) is 0.467. The number of hydrogen-bond acceptors (Lipinski definition) is 5. The highest BCUT2D eigenvalue weighted by atomic mass is 32.2. The third-order valence-corrected chi connectivity index (χ3v) is 5.07. The largest absolute Gasteiger partial charge is 0.462 e. The lowest BCUT2D eigenvalue weighted by molar-refractivity contribution is -0.130. The summed E-state index contributed by atoms with van der Waals surface area (Å²) in [5.41, 5.74) is 1.22. The number of aromatic nitrogens is 1. The topological polar surface area (TPSA) is 59.5 Å². The van der Waals surface area contributed by atoms with Crippen molar-refractivity contribution in [1.82, 2.24) is 9.88 Å². The first-order valence-corrected chi connectivity index (χ1v) is 9.76. The van der Waals surface area contributed by atoms with Gasteiger partial charge in [-0.05, 0) is 50.6 Å². The Bertz CT molecular complexity index is 783. The maximum atomic E-state index is 13.1. The average molecular weight is 390 g/mol. The predicted molar refractivity (Wildman–Crippen MR) is 103 cm³/mol. The quantitative estimate of drug-likeness (QED) is 0.502. The molecule has 1 unspecified atom stereocenters. The van der Waals surface area contributed by atoms with Crippen molar-refractivity contribution in [3.8, 4) is 0 Å². The lowest BCUT2D eigenvalue weighted by Crippen LogP contribution is -2.34. The molecule has 0 saturated carbocycles. The van der Waals surface area contributed by atoms with Crippen molar-refractivity contribution in [3.63, 3.8) is 0 Å². The molecule has 0 aliphatic carbocycles. The van der Waals surface area contributed by atoms with Crippen molar-refractivity contribution in [3.05, 3.63) is 59.5 Å². The van der Waals surface area contributed by atoms with Crippen LogP contribution in [0.15, 0.2) is 47.6 Å². The lowest BCUT2D eigenvalue weighted by Gasteiger charge is -2.28. The van der Waals surface area contributed by atoms with Crippen molar-refractivity contribution >= 4 is 23.6 Å². The molecule has 5 nitrogen and oxygen atoms in total. The Kier molecular flexibility index (Phi) is 7.79. The molecule has 2 aromatic rings. The molecule has 144 valence electrons. The summed E-state index contributed by atoms with van der Waals surface area (Å²) in [6.07, 6.45) is 1.58. The Morgan fingerprint density at radius 1 is 1.22 bits per heavy atom. The van der Waals surface area contributed by atoms with Crippen LogP contribution in [0.2, 0.25) is 0 Å². The first-order valence-electron chi connectivity index (χ1n) is 8.77. The maximum Gasteiger partial charge on any atom is 0.340 e. The van der Waals surface area contributed by atoms with E-state index in [9.17, 15) is 14.0 Å². The molecule has 0 aliphatic rings. The van der Waals surface area contributed by atoms with Crippen LogP contribution in [0.5, 0.6) is 0 Å². The van der Waals surface area contributed by atoms with Crippen LogP contribution in [0.25, 0.3) is 0 Å². The van der Waals surface area contributed by atoms with Crippen LogP contribution in [0.1, 0.15) is 42.7 Å². The van der Waals surface area contributed by atoms with Crippen LogP contribution in [0.3, 0.4) is 0 Å². The van der Waals surface area contributed by atoms with E-state index >= 15 is 0 Å². The number of carbonyl (C=O) groups excluding carboxylic acids is 2. The number of benzene rings is 1. The molecular weight excluding hydrogens is 367 g/mol. The van der Waals surface area contributed by atoms with E-state index in [4.69, 9.17) is 4.74 Å². The van der Waals surface area contributed by atoms with Crippen molar-refractivity contribution in [2.75, 3.05) is 18.9 Å². The van der Waals surface area contributed by atoms with E-state index < -0.39 is 5.97 Å². The summed E-state index contributed by atoms with van der Waals surface area (Å²) in [7, 11) is 0. The molecule has 0 saturated heterocycles. The summed E-state index contributed by atoms with van der Waals surface area (Å²) >= 11 is 1.20. The Labute approximate surface area is 162 Å². The Morgan fingerprint density at radius 3 is 2.56 bits per heavy atom. The Hall–Kier alpha value is -2.41. The fourth-order valence-electron chi connectivity index (χ4n) is 2.67. The van der Waals surface area contributed by atoms with Gasteiger partial charge in [0.15, 0.2) is 0 Å². The third-order valence-electron chi connectivity index (χ3n) is 4.08. The molecule has 2 rings (SSSR count). The number of halogens is 1. The van der Waals surface area contributed by atoms with Crippen LogP contribution < -0.4 is 0 Å². The second-order valence-electron chi connectivity index (χ2n) is 5.77. The van der Waals surface area contributed by atoms with Crippen molar-refractivity contribution in [1.29, 1.82) is 0 Å². The second-order valence-corrected chi connectivity index (χ2v) is 6.74. The highest BCUT2D eigenvalue weighted by molar-refractivity contribution is 8.00. The van der Waals surface area contributed by atoms with Gasteiger partial charge >= 0.3 is 5.97 Å². The smallest absolute Gasteiger partial charge is 0.340 e. The summed E-state index contributed by atoms with van der Waals surface area (Å²) in [4.78, 5) is 30.7. The second kappa shape index (κ2) is 10.1. The highest BCUT2D eigenvalue weighted by Gasteiger charge is 2.21. The first-order chi connectivity index (χ1) is 13.0. The van der Waals surface area contributed by atoms with E-state index in [0.29, 0.717) is 17.1 Å². The number of esters is 1. The molecule has 0 bridgehead atoms. The van der Waals surface area contributed by atoms with Crippen LogP contribution >= 0.6 is 11.8 Å². The molecule has 0 fully saturated rings. The minimum atomic E-state index is -0.451. The van der Waals surface area contributed by atoms with Gasteiger partial charge in [0, 0.05) is 12.7 Å². The third kappa shape index (κ3) is 5.53. The molecule has 27 heavy (non-hydrogen) atoms. The van der Waals surface area contributed by atoms with Crippen LogP contribution in [-0.4, -0.2) is 40.7 Å². The summed E-state index contributed by atoms with van der Waals surface area (Å²) in [5.74, 6) is -0.701. The SMILES string of the molecule is CCOC(=O)c1cccnc1SCC(=O)N(CC)C(C)c1ccc(F)cc1. The van der Waals surface area contributed by atoms with Gasteiger partial charge in [0.05, 0.1) is 24.0 Å². The van der Waals surface area contributed by atoms with Gasteiger partial charge in [-0.3, -0.25) is 4.79 Å². The van der Waals surface area contributed by atoms with E-state index in [0.717, 1.165) is 5.56 Å². The van der Waals surface area contributed by atoms with E-state index in [1.807, 2.05) is 13.8 Å². The molecule has 0 N–H and O–H groups in total. The van der Waals surface area contributed by atoms with Gasteiger partial charge in [0.1, 0.15) is 10.8 Å². The number of carbonyl (C=O) groups is 2. The van der Waals surface area contributed by atoms with Crippen LogP contribution in [0, 0.1) is 5.82 Å². The van der Waals surface area contributed by atoms with E-state index in [1.54, 1.807) is 42.3 Å².